The molecular weight excluding hydrogens is 200 g/mol. The summed E-state index contributed by atoms with van der Waals surface area (Å²) in [6.45, 7) is 2.73. The Morgan fingerprint density at radius 1 is 1.31 bits per heavy atom. The molecule has 1 aromatic heterocycles. The van der Waals surface area contributed by atoms with Crippen LogP contribution in [-0.2, 0) is 6.54 Å². The summed E-state index contributed by atoms with van der Waals surface area (Å²) >= 11 is 0. The first-order valence-corrected chi connectivity index (χ1v) is 6.27. The van der Waals surface area contributed by atoms with Crippen molar-refractivity contribution in [1.82, 2.24) is 5.32 Å². The summed E-state index contributed by atoms with van der Waals surface area (Å²) in [4.78, 5) is 0. The number of nitrogens with one attached hydrogen (secondary N) is 1. The Labute approximate surface area is 97.4 Å². The summed E-state index contributed by atoms with van der Waals surface area (Å²) in [6.07, 6.45) is 10.1. The first kappa shape index (κ1) is 11.7. The molecule has 2 rings (SSSR count). The third-order valence-corrected chi connectivity index (χ3v) is 3.76. The van der Waals surface area contributed by atoms with E-state index in [2.05, 4.69) is 5.32 Å². The van der Waals surface area contributed by atoms with Gasteiger partial charge in [-0.2, -0.15) is 0 Å². The van der Waals surface area contributed by atoms with Crippen molar-refractivity contribution in [3.05, 3.63) is 24.2 Å². The second-order valence-electron chi connectivity index (χ2n) is 5.00. The minimum atomic E-state index is 0.349. The van der Waals surface area contributed by atoms with Gasteiger partial charge < -0.3 is 15.5 Å². The molecule has 0 aromatic carbocycles. The number of hydrogen-bond donors (Lipinski definition) is 2. The molecule has 1 fully saturated rings. The van der Waals surface area contributed by atoms with Gasteiger partial charge in [-0.25, -0.2) is 0 Å². The average Bonchev–Trinajstić information content (AvgIpc) is 2.83. The Morgan fingerprint density at radius 2 is 2.12 bits per heavy atom. The maximum Gasteiger partial charge on any atom is 0.0947 e. The molecule has 90 valence electrons. The van der Waals surface area contributed by atoms with Gasteiger partial charge in [-0.1, -0.05) is 19.3 Å². The maximum absolute atomic E-state index is 5.94. The van der Waals surface area contributed by atoms with Crippen molar-refractivity contribution in [2.24, 2.45) is 11.1 Å². The molecule has 0 saturated heterocycles. The smallest absolute Gasteiger partial charge is 0.0947 e. The van der Waals surface area contributed by atoms with Crippen molar-refractivity contribution in [2.45, 2.75) is 38.6 Å². The molecular formula is C13H22N2O. The molecule has 1 aromatic rings. The molecule has 0 radical (unpaired) electrons. The van der Waals surface area contributed by atoms with Crippen LogP contribution in [0.1, 0.15) is 37.7 Å². The van der Waals surface area contributed by atoms with Crippen molar-refractivity contribution in [1.29, 1.82) is 0 Å². The van der Waals surface area contributed by atoms with E-state index in [0.29, 0.717) is 5.41 Å². The molecule has 1 aliphatic rings. The minimum Gasteiger partial charge on any atom is -0.472 e. The SMILES string of the molecule is NCC1(CNCc2ccoc2)CCCCC1. The van der Waals surface area contributed by atoms with Crippen LogP contribution in [0.4, 0.5) is 0 Å². The minimum absolute atomic E-state index is 0.349. The molecule has 3 heteroatoms. The van der Waals surface area contributed by atoms with Crippen LogP contribution >= 0.6 is 0 Å². The second kappa shape index (κ2) is 5.51. The Balaban J connectivity index is 1.78. The molecule has 0 amide bonds. The molecule has 3 nitrogen and oxygen atoms in total. The van der Waals surface area contributed by atoms with Crippen molar-refractivity contribution >= 4 is 0 Å². The zero-order chi connectivity index (χ0) is 11.3. The highest BCUT2D eigenvalue weighted by Crippen LogP contribution is 2.34. The van der Waals surface area contributed by atoms with Crippen LogP contribution in [0.5, 0.6) is 0 Å². The van der Waals surface area contributed by atoms with Crippen molar-refractivity contribution in [3.8, 4) is 0 Å². The van der Waals surface area contributed by atoms with Gasteiger partial charge in [0.25, 0.3) is 0 Å². The van der Waals surface area contributed by atoms with E-state index in [-0.39, 0.29) is 0 Å². The lowest BCUT2D eigenvalue weighted by atomic mass is 9.74. The summed E-state index contributed by atoms with van der Waals surface area (Å²) in [5.74, 6) is 0. The highest BCUT2D eigenvalue weighted by molar-refractivity contribution is 5.04. The van der Waals surface area contributed by atoms with Crippen LogP contribution in [0, 0.1) is 5.41 Å². The van der Waals surface area contributed by atoms with E-state index < -0.39 is 0 Å². The van der Waals surface area contributed by atoms with Gasteiger partial charge in [-0.15, -0.1) is 0 Å². The van der Waals surface area contributed by atoms with E-state index in [1.54, 1.807) is 12.5 Å². The van der Waals surface area contributed by atoms with Crippen molar-refractivity contribution in [2.75, 3.05) is 13.1 Å². The maximum atomic E-state index is 5.94. The predicted molar refractivity (Wildman–Crippen MR) is 65.0 cm³/mol. The molecule has 0 atom stereocenters. The summed E-state index contributed by atoms with van der Waals surface area (Å²) in [5, 5.41) is 3.51. The van der Waals surface area contributed by atoms with E-state index in [4.69, 9.17) is 10.2 Å². The van der Waals surface area contributed by atoms with E-state index in [1.807, 2.05) is 6.07 Å². The summed E-state index contributed by atoms with van der Waals surface area (Å²) < 4.78 is 5.04. The lowest BCUT2D eigenvalue weighted by Crippen LogP contribution is -2.41. The van der Waals surface area contributed by atoms with Crippen LogP contribution < -0.4 is 11.1 Å². The van der Waals surface area contributed by atoms with Crippen LogP contribution in [0.25, 0.3) is 0 Å². The fourth-order valence-electron chi connectivity index (χ4n) is 2.62. The van der Waals surface area contributed by atoms with Gasteiger partial charge >= 0.3 is 0 Å². The first-order chi connectivity index (χ1) is 7.85. The summed E-state index contributed by atoms with van der Waals surface area (Å²) in [5.41, 5.74) is 7.50. The predicted octanol–water partition coefficient (Wildman–Crippen LogP) is 2.28. The molecule has 1 heterocycles. The number of furan rings is 1. The molecule has 1 aliphatic carbocycles. The lowest BCUT2D eigenvalue weighted by molar-refractivity contribution is 0.191. The molecule has 1 saturated carbocycles. The Hall–Kier alpha value is -0.800. The number of hydrogen-bond acceptors (Lipinski definition) is 3. The molecule has 0 aliphatic heterocycles. The second-order valence-corrected chi connectivity index (χ2v) is 5.00. The summed E-state index contributed by atoms with van der Waals surface area (Å²) in [6, 6.07) is 2.00. The Morgan fingerprint density at radius 3 is 2.75 bits per heavy atom. The normalized spacial score (nSPS) is 19.8. The largest absolute Gasteiger partial charge is 0.472 e. The Kier molecular flexibility index (Phi) is 4.02. The van der Waals surface area contributed by atoms with Gasteiger partial charge in [0.2, 0.25) is 0 Å². The Bertz CT molecular complexity index is 289. The number of nitrogens with two attached hydrogens (primary N) is 1. The van der Waals surface area contributed by atoms with Crippen molar-refractivity contribution < 1.29 is 4.42 Å². The molecule has 0 spiro atoms. The van der Waals surface area contributed by atoms with Gasteiger partial charge in [-0.3, -0.25) is 0 Å². The highest BCUT2D eigenvalue weighted by atomic mass is 16.3. The standard InChI is InChI=1S/C13H22N2O/c14-10-13(5-2-1-3-6-13)11-15-8-12-4-7-16-9-12/h4,7,9,15H,1-3,5-6,8,10-11,14H2. The zero-order valence-electron chi connectivity index (χ0n) is 9.87. The highest BCUT2D eigenvalue weighted by Gasteiger charge is 2.29. The van der Waals surface area contributed by atoms with Gasteiger partial charge in [0.1, 0.15) is 0 Å². The van der Waals surface area contributed by atoms with E-state index in [1.165, 1.54) is 37.7 Å². The fraction of sp³-hybridized carbons (Fsp3) is 0.692. The topological polar surface area (TPSA) is 51.2 Å². The fourth-order valence-corrected chi connectivity index (χ4v) is 2.62. The molecule has 3 N–H and O–H groups in total. The van der Waals surface area contributed by atoms with Crippen LogP contribution in [-0.4, -0.2) is 13.1 Å². The third kappa shape index (κ3) is 2.86. The zero-order valence-corrected chi connectivity index (χ0v) is 9.87. The monoisotopic (exact) mass is 222 g/mol. The van der Waals surface area contributed by atoms with Gasteiger partial charge in [0, 0.05) is 18.7 Å². The van der Waals surface area contributed by atoms with E-state index in [0.717, 1.165) is 19.6 Å². The summed E-state index contributed by atoms with van der Waals surface area (Å²) in [7, 11) is 0. The molecule has 0 bridgehead atoms. The first-order valence-electron chi connectivity index (χ1n) is 6.27. The van der Waals surface area contributed by atoms with E-state index >= 15 is 0 Å². The molecule has 0 unspecified atom stereocenters. The van der Waals surface area contributed by atoms with Crippen LogP contribution in [0.15, 0.2) is 23.0 Å². The van der Waals surface area contributed by atoms with Gasteiger partial charge in [-0.05, 0) is 30.9 Å². The average molecular weight is 222 g/mol. The van der Waals surface area contributed by atoms with Gasteiger partial charge in [0.05, 0.1) is 12.5 Å². The quantitative estimate of drug-likeness (QED) is 0.803. The van der Waals surface area contributed by atoms with Crippen LogP contribution in [0.3, 0.4) is 0 Å². The van der Waals surface area contributed by atoms with E-state index in [9.17, 15) is 0 Å². The van der Waals surface area contributed by atoms with Gasteiger partial charge in [0.15, 0.2) is 0 Å². The molecule has 16 heavy (non-hydrogen) atoms. The third-order valence-electron chi connectivity index (χ3n) is 3.76. The van der Waals surface area contributed by atoms with Crippen LogP contribution in [0.2, 0.25) is 0 Å². The number of rotatable bonds is 5. The lowest BCUT2D eigenvalue weighted by Gasteiger charge is -2.36. The van der Waals surface area contributed by atoms with Crippen molar-refractivity contribution in [3.63, 3.8) is 0 Å².